The van der Waals surface area contributed by atoms with Gasteiger partial charge in [-0.25, -0.2) is 8.78 Å². The minimum absolute atomic E-state index is 0.0415. The molecule has 4 heteroatoms. The zero-order valence-corrected chi connectivity index (χ0v) is 9.39. The van der Waals surface area contributed by atoms with Crippen LogP contribution in [0.5, 0.6) is 0 Å². The first-order chi connectivity index (χ1) is 7.54. The van der Waals surface area contributed by atoms with E-state index in [1.165, 1.54) is 0 Å². The molecule has 0 bridgehead atoms. The molecule has 0 aliphatic rings. The van der Waals surface area contributed by atoms with Crippen LogP contribution in [0.15, 0.2) is 18.2 Å². The molecule has 0 aliphatic heterocycles. The Morgan fingerprint density at radius 1 is 1.44 bits per heavy atom. The van der Waals surface area contributed by atoms with E-state index in [9.17, 15) is 13.6 Å². The predicted molar refractivity (Wildman–Crippen MR) is 58.2 cm³/mol. The van der Waals surface area contributed by atoms with Gasteiger partial charge in [0.25, 0.3) is 5.91 Å². The Morgan fingerprint density at radius 2 is 2.12 bits per heavy atom. The fourth-order valence-corrected chi connectivity index (χ4v) is 1.48. The smallest absolute Gasteiger partial charge is 0.254 e. The summed E-state index contributed by atoms with van der Waals surface area (Å²) in [5, 5.41) is 2.62. The number of carbonyl (C=O) groups is 1. The minimum Gasteiger partial charge on any atom is -0.349 e. The van der Waals surface area contributed by atoms with Gasteiger partial charge in [0.2, 0.25) is 0 Å². The van der Waals surface area contributed by atoms with Gasteiger partial charge in [0.1, 0.15) is 11.6 Å². The Morgan fingerprint density at radius 3 is 2.75 bits per heavy atom. The lowest BCUT2D eigenvalue weighted by atomic mass is 10.1. The third kappa shape index (κ3) is 3.29. The van der Waals surface area contributed by atoms with E-state index in [0.29, 0.717) is 0 Å². The second-order valence-corrected chi connectivity index (χ2v) is 3.79. The Labute approximate surface area is 93.7 Å². The van der Waals surface area contributed by atoms with Crippen LogP contribution in [0.1, 0.15) is 37.0 Å². The molecule has 0 aliphatic carbocycles. The van der Waals surface area contributed by atoms with Crippen LogP contribution in [0.25, 0.3) is 0 Å². The molecule has 0 spiro atoms. The van der Waals surface area contributed by atoms with Crippen LogP contribution in [-0.2, 0) is 0 Å². The molecule has 0 fully saturated rings. The lowest BCUT2D eigenvalue weighted by Gasteiger charge is -2.12. The number of carbonyl (C=O) groups excluding carboxylic acids is 1. The van der Waals surface area contributed by atoms with Gasteiger partial charge in [0, 0.05) is 6.04 Å². The van der Waals surface area contributed by atoms with Crippen molar-refractivity contribution in [2.75, 3.05) is 0 Å². The second-order valence-electron chi connectivity index (χ2n) is 3.79. The second kappa shape index (κ2) is 5.58. The van der Waals surface area contributed by atoms with E-state index in [4.69, 9.17) is 0 Å². The van der Waals surface area contributed by atoms with Crippen LogP contribution in [0.4, 0.5) is 8.78 Å². The first-order valence-corrected chi connectivity index (χ1v) is 5.30. The molecule has 1 aromatic carbocycles. The fraction of sp³-hybridized carbons (Fsp3) is 0.417. The SMILES string of the molecule is CCC[C@@H](C)NC(=O)c1cc(F)ccc1F. The van der Waals surface area contributed by atoms with Crippen molar-refractivity contribution in [3.05, 3.63) is 35.4 Å². The highest BCUT2D eigenvalue weighted by atomic mass is 19.1. The molecule has 0 saturated carbocycles. The van der Waals surface area contributed by atoms with Crippen molar-refractivity contribution in [1.82, 2.24) is 5.32 Å². The first kappa shape index (κ1) is 12.6. The van der Waals surface area contributed by atoms with E-state index < -0.39 is 17.5 Å². The molecule has 1 aromatic rings. The summed E-state index contributed by atoms with van der Waals surface area (Å²) in [6.45, 7) is 3.82. The van der Waals surface area contributed by atoms with E-state index in [2.05, 4.69) is 5.32 Å². The summed E-state index contributed by atoms with van der Waals surface area (Å²) < 4.78 is 26.1. The number of rotatable bonds is 4. The van der Waals surface area contributed by atoms with Crippen LogP contribution in [0.2, 0.25) is 0 Å². The topological polar surface area (TPSA) is 29.1 Å². The summed E-state index contributed by atoms with van der Waals surface area (Å²) in [5.41, 5.74) is -0.247. The number of halogens is 2. The highest BCUT2D eigenvalue weighted by Gasteiger charge is 2.14. The molecule has 2 nitrogen and oxygen atoms in total. The summed E-state index contributed by atoms with van der Waals surface area (Å²) in [7, 11) is 0. The van der Waals surface area contributed by atoms with E-state index in [0.717, 1.165) is 31.0 Å². The molecule has 1 rings (SSSR count). The van der Waals surface area contributed by atoms with Crippen molar-refractivity contribution >= 4 is 5.91 Å². The summed E-state index contributed by atoms with van der Waals surface area (Å²) in [6, 6.07) is 2.81. The summed E-state index contributed by atoms with van der Waals surface area (Å²) in [4.78, 5) is 11.6. The average molecular weight is 227 g/mol. The summed E-state index contributed by atoms with van der Waals surface area (Å²) in [6.07, 6.45) is 1.73. The number of amides is 1. The van der Waals surface area contributed by atoms with Gasteiger partial charge in [0.05, 0.1) is 5.56 Å². The maximum Gasteiger partial charge on any atom is 0.254 e. The Kier molecular flexibility index (Phi) is 4.40. The highest BCUT2D eigenvalue weighted by Crippen LogP contribution is 2.10. The maximum absolute atomic E-state index is 13.2. The Bertz CT molecular complexity index is 379. The molecular formula is C12H15F2NO. The summed E-state index contributed by atoms with van der Waals surface area (Å²) >= 11 is 0. The van der Waals surface area contributed by atoms with Crippen LogP contribution in [-0.4, -0.2) is 11.9 Å². The van der Waals surface area contributed by atoms with E-state index >= 15 is 0 Å². The predicted octanol–water partition coefficient (Wildman–Crippen LogP) is 2.88. The van der Waals surface area contributed by atoms with Gasteiger partial charge in [0.15, 0.2) is 0 Å². The van der Waals surface area contributed by atoms with Crippen LogP contribution in [0.3, 0.4) is 0 Å². The molecule has 1 amide bonds. The van der Waals surface area contributed by atoms with E-state index in [1.54, 1.807) is 0 Å². The van der Waals surface area contributed by atoms with Crippen molar-refractivity contribution in [3.8, 4) is 0 Å². The molecule has 0 radical (unpaired) electrons. The van der Waals surface area contributed by atoms with Gasteiger partial charge in [-0.05, 0) is 31.5 Å². The van der Waals surface area contributed by atoms with Gasteiger partial charge in [-0.2, -0.15) is 0 Å². The van der Waals surface area contributed by atoms with E-state index in [-0.39, 0.29) is 11.6 Å². The highest BCUT2D eigenvalue weighted by molar-refractivity contribution is 5.94. The number of hydrogen-bond acceptors (Lipinski definition) is 1. The molecule has 16 heavy (non-hydrogen) atoms. The molecule has 1 N–H and O–H groups in total. The van der Waals surface area contributed by atoms with Gasteiger partial charge in [-0.3, -0.25) is 4.79 Å². The van der Waals surface area contributed by atoms with Crippen molar-refractivity contribution in [2.24, 2.45) is 0 Å². The summed E-state index contributed by atoms with van der Waals surface area (Å²) in [5.74, 6) is -1.89. The van der Waals surface area contributed by atoms with Crippen LogP contribution >= 0.6 is 0 Å². The quantitative estimate of drug-likeness (QED) is 0.841. The standard InChI is InChI=1S/C12H15F2NO/c1-3-4-8(2)15-12(16)10-7-9(13)5-6-11(10)14/h5-8H,3-4H2,1-2H3,(H,15,16)/t8-/m1/s1. The zero-order chi connectivity index (χ0) is 12.1. The average Bonchev–Trinajstić information content (AvgIpc) is 2.21. The Balaban J connectivity index is 2.76. The molecular weight excluding hydrogens is 212 g/mol. The molecule has 0 aromatic heterocycles. The lowest BCUT2D eigenvalue weighted by molar-refractivity contribution is 0.0933. The lowest BCUT2D eigenvalue weighted by Crippen LogP contribution is -2.33. The van der Waals surface area contributed by atoms with Gasteiger partial charge < -0.3 is 5.32 Å². The number of nitrogens with one attached hydrogen (secondary N) is 1. The molecule has 88 valence electrons. The van der Waals surface area contributed by atoms with Crippen molar-refractivity contribution in [1.29, 1.82) is 0 Å². The van der Waals surface area contributed by atoms with Crippen molar-refractivity contribution in [3.63, 3.8) is 0 Å². The fourth-order valence-electron chi connectivity index (χ4n) is 1.48. The Hall–Kier alpha value is -1.45. The van der Waals surface area contributed by atoms with Gasteiger partial charge >= 0.3 is 0 Å². The minimum atomic E-state index is -0.706. The molecule has 0 heterocycles. The van der Waals surface area contributed by atoms with E-state index in [1.807, 2.05) is 13.8 Å². The number of hydrogen-bond donors (Lipinski definition) is 1. The maximum atomic E-state index is 13.2. The van der Waals surface area contributed by atoms with Crippen LogP contribution < -0.4 is 5.32 Å². The molecule has 1 atom stereocenters. The van der Waals surface area contributed by atoms with Gasteiger partial charge in [-0.1, -0.05) is 13.3 Å². The molecule has 0 unspecified atom stereocenters. The monoisotopic (exact) mass is 227 g/mol. The largest absolute Gasteiger partial charge is 0.349 e. The van der Waals surface area contributed by atoms with Gasteiger partial charge in [-0.15, -0.1) is 0 Å². The molecule has 0 saturated heterocycles. The normalized spacial score (nSPS) is 12.2. The number of benzene rings is 1. The third-order valence-corrected chi connectivity index (χ3v) is 2.27. The van der Waals surface area contributed by atoms with Crippen molar-refractivity contribution < 1.29 is 13.6 Å². The first-order valence-electron chi connectivity index (χ1n) is 5.30. The van der Waals surface area contributed by atoms with Crippen LogP contribution in [0, 0.1) is 11.6 Å². The zero-order valence-electron chi connectivity index (χ0n) is 9.39. The van der Waals surface area contributed by atoms with Crippen molar-refractivity contribution in [2.45, 2.75) is 32.7 Å². The third-order valence-electron chi connectivity index (χ3n) is 2.27.